The van der Waals surface area contributed by atoms with E-state index in [-0.39, 0.29) is 6.03 Å². The molecule has 2 aromatic rings. The van der Waals surface area contributed by atoms with E-state index >= 15 is 0 Å². The summed E-state index contributed by atoms with van der Waals surface area (Å²) in [7, 11) is 6.19. The first kappa shape index (κ1) is 22.2. The van der Waals surface area contributed by atoms with Crippen LogP contribution in [0, 0.1) is 5.92 Å². The molecule has 4 aliphatic heterocycles. The molecule has 0 aliphatic carbocycles. The summed E-state index contributed by atoms with van der Waals surface area (Å²) in [5, 5.41) is 8.04. The van der Waals surface area contributed by atoms with E-state index in [4.69, 9.17) is 9.84 Å². The van der Waals surface area contributed by atoms with Crippen molar-refractivity contribution in [3.8, 4) is 11.3 Å². The zero-order chi connectivity index (χ0) is 22.9. The largest absolute Gasteiger partial charge is 0.378 e. The number of hydrogen-bond donors (Lipinski definition) is 1. The lowest BCUT2D eigenvalue weighted by Gasteiger charge is -2.50. The highest BCUT2D eigenvalue weighted by molar-refractivity contribution is 5.74. The molecule has 1 unspecified atom stereocenters. The Morgan fingerprint density at radius 1 is 1.18 bits per heavy atom. The van der Waals surface area contributed by atoms with Gasteiger partial charge in [0.25, 0.3) is 0 Å². The molecule has 5 heterocycles. The van der Waals surface area contributed by atoms with Gasteiger partial charge in [-0.1, -0.05) is 12.1 Å². The molecule has 1 aromatic carbocycles. The molecule has 4 aliphatic rings. The SMILES string of the molecule is CN(C)c1ccc(-c2cc([C@@H]3CN4CC[C@H]3C[C@@H]4CNC(=O)N3CCOCC3)n(C)n2)cc1. The number of urea groups is 1. The highest BCUT2D eigenvalue weighted by Crippen LogP contribution is 2.42. The molecule has 0 radical (unpaired) electrons. The van der Waals surface area contributed by atoms with Crippen LogP contribution in [-0.2, 0) is 11.8 Å². The third kappa shape index (κ3) is 4.59. The first-order valence-corrected chi connectivity index (χ1v) is 12.2. The van der Waals surface area contributed by atoms with Gasteiger partial charge in [0.15, 0.2) is 0 Å². The lowest BCUT2D eigenvalue weighted by atomic mass is 9.74. The Morgan fingerprint density at radius 2 is 1.94 bits per heavy atom. The number of anilines is 1. The molecule has 1 aromatic heterocycles. The van der Waals surface area contributed by atoms with Crippen LogP contribution in [0.25, 0.3) is 11.3 Å². The normalized spacial score (nSPS) is 26.9. The van der Waals surface area contributed by atoms with Crippen LogP contribution in [0.1, 0.15) is 24.5 Å². The minimum absolute atomic E-state index is 0.0501. The lowest BCUT2D eigenvalue weighted by Crippen LogP contribution is -2.57. The standard InChI is InChI=1S/C25H36N6O2/c1-28(2)20-6-4-18(5-7-20)23-15-24(29(3)27-23)22-17-31-9-8-19(22)14-21(31)16-26-25(32)30-10-12-33-13-11-30/h4-7,15,19,21-22H,8-14,16-17H2,1-3H3,(H,26,32)/t19-,21+,22+/m0/s1. The Balaban J connectivity index is 1.23. The second-order valence-electron chi connectivity index (χ2n) is 9.84. The molecule has 1 N–H and O–H groups in total. The van der Waals surface area contributed by atoms with E-state index in [1.165, 1.54) is 17.8 Å². The van der Waals surface area contributed by atoms with Crippen molar-refractivity contribution in [1.82, 2.24) is 24.9 Å². The van der Waals surface area contributed by atoms with E-state index in [9.17, 15) is 4.79 Å². The summed E-state index contributed by atoms with van der Waals surface area (Å²) < 4.78 is 7.43. The number of hydrogen-bond acceptors (Lipinski definition) is 5. The highest BCUT2D eigenvalue weighted by atomic mass is 16.5. The molecule has 2 bridgehead atoms. The van der Waals surface area contributed by atoms with Gasteiger partial charge in [0.2, 0.25) is 0 Å². The predicted octanol–water partition coefficient (Wildman–Crippen LogP) is 2.37. The summed E-state index contributed by atoms with van der Waals surface area (Å²) >= 11 is 0. The molecule has 4 saturated heterocycles. The minimum atomic E-state index is 0.0501. The molecule has 6 rings (SSSR count). The average molecular weight is 453 g/mol. The highest BCUT2D eigenvalue weighted by Gasteiger charge is 2.42. The van der Waals surface area contributed by atoms with Crippen LogP contribution in [0.3, 0.4) is 0 Å². The summed E-state index contributed by atoms with van der Waals surface area (Å²) in [4.78, 5) is 19.0. The molecule has 8 nitrogen and oxygen atoms in total. The van der Waals surface area contributed by atoms with Crippen molar-refractivity contribution < 1.29 is 9.53 Å². The second-order valence-corrected chi connectivity index (χ2v) is 9.84. The van der Waals surface area contributed by atoms with Crippen LogP contribution in [0.4, 0.5) is 10.5 Å². The van der Waals surface area contributed by atoms with Gasteiger partial charge in [0.1, 0.15) is 0 Å². The number of benzene rings is 1. The van der Waals surface area contributed by atoms with E-state index < -0.39 is 0 Å². The first-order chi connectivity index (χ1) is 16.0. The number of carbonyl (C=O) groups excluding carboxylic acids is 1. The molecule has 4 atom stereocenters. The van der Waals surface area contributed by atoms with E-state index in [2.05, 4.69) is 71.3 Å². The number of fused-ring (bicyclic) bond motifs is 3. The summed E-state index contributed by atoms with van der Waals surface area (Å²) in [6, 6.07) is 11.4. The van der Waals surface area contributed by atoms with Crippen LogP contribution in [-0.4, -0.2) is 91.7 Å². The fourth-order valence-electron chi connectivity index (χ4n) is 5.67. The molecular formula is C25H36N6O2. The van der Waals surface area contributed by atoms with E-state index in [1.54, 1.807) is 0 Å². The number of nitrogens with one attached hydrogen (secondary N) is 1. The number of morpholine rings is 1. The molecule has 178 valence electrons. The maximum atomic E-state index is 12.5. The van der Waals surface area contributed by atoms with Gasteiger partial charge in [-0.25, -0.2) is 4.79 Å². The fourth-order valence-corrected chi connectivity index (χ4v) is 5.67. The van der Waals surface area contributed by atoms with Crippen molar-refractivity contribution in [3.63, 3.8) is 0 Å². The maximum absolute atomic E-state index is 12.5. The number of aromatic nitrogens is 2. The van der Waals surface area contributed by atoms with Gasteiger partial charge in [-0.2, -0.15) is 5.10 Å². The number of ether oxygens (including phenoxy) is 1. The number of rotatable bonds is 5. The monoisotopic (exact) mass is 452 g/mol. The first-order valence-electron chi connectivity index (χ1n) is 12.2. The summed E-state index contributed by atoms with van der Waals surface area (Å²) in [6.07, 6.45) is 2.35. The van der Waals surface area contributed by atoms with Crippen molar-refractivity contribution >= 4 is 11.7 Å². The van der Waals surface area contributed by atoms with Gasteiger partial charge in [-0.05, 0) is 43.5 Å². The molecule has 0 saturated carbocycles. The fraction of sp³-hybridized carbons (Fsp3) is 0.600. The number of piperidine rings is 3. The molecule has 2 amide bonds. The zero-order valence-corrected chi connectivity index (χ0v) is 20.0. The topological polar surface area (TPSA) is 65.9 Å². The van der Waals surface area contributed by atoms with Crippen LogP contribution < -0.4 is 10.2 Å². The van der Waals surface area contributed by atoms with Crippen molar-refractivity contribution in [2.24, 2.45) is 13.0 Å². The van der Waals surface area contributed by atoms with Crippen LogP contribution in [0.5, 0.6) is 0 Å². The smallest absolute Gasteiger partial charge is 0.317 e. The molecule has 0 spiro atoms. The van der Waals surface area contributed by atoms with Crippen LogP contribution in [0.15, 0.2) is 30.3 Å². The zero-order valence-electron chi connectivity index (χ0n) is 20.0. The Morgan fingerprint density at radius 3 is 2.61 bits per heavy atom. The van der Waals surface area contributed by atoms with Crippen molar-refractivity contribution in [1.29, 1.82) is 0 Å². The van der Waals surface area contributed by atoms with Gasteiger partial charge in [-0.3, -0.25) is 9.58 Å². The number of carbonyl (C=O) groups is 1. The molecule has 4 fully saturated rings. The Hall–Kier alpha value is -2.58. The maximum Gasteiger partial charge on any atom is 0.317 e. The summed E-state index contributed by atoms with van der Waals surface area (Å²) in [5.41, 5.74) is 4.72. The lowest BCUT2D eigenvalue weighted by molar-refractivity contribution is 0.0265. The number of nitrogens with zero attached hydrogens (tertiary/aromatic N) is 5. The quantitative estimate of drug-likeness (QED) is 0.755. The van der Waals surface area contributed by atoms with Crippen molar-refractivity contribution in [3.05, 3.63) is 36.0 Å². The van der Waals surface area contributed by atoms with Gasteiger partial charge >= 0.3 is 6.03 Å². The van der Waals surface area contributed by atoms with Crippen LogP contribution >= 0.6 is 0 Å². The van der Waals surface area contributed by atoms with Gasteiger partial charge in [-0.15, -0.1) is 0 Å². The summed E-state index contributed by atoms with van der Waals surface area (Å²) in [6.45, 7) is 5.54. The Kier molecular flexibility index (Phi) is 6.29. The third-order valence-electron chi connectivity index (χ3n) is 7.64. The van der Waals surface area contributed by atoms with Crippen molar-refractivity contribution in [2.75, 3.05) is 64.9 Å². The Bertz CT molecular complexity index is 966. The third-order valence-corrected chi connectivity index (χ3v) is 7.64. The van der Waals surface area contributed by atoms with Gasteiger partial charge < -0.3 is 19.9 Å². The van der Waals surface area contributed by atoms with E-state index in [0.29, 0.717) is 44.2 Å². The van der Waals surface area contributed by atoms with E-state index in [1.807, 2.05) is 4.90 Å². The summed E-state index contributed by atoms with van der Waals surface area (Å²) in [5.74, 6) is 1.14. The molecule has 8 heteroatoms. The van der Waals surface area contributed by atoms with Gasteiger partial charge in [0, 0.05) is 76.2 Å². The van der Waals surface area contributed by atoms with E-state index in [0.717, 1.165) is 37.3 Å². The second kappa shape index (κ2) is 9.35. The average Bonchev–Trinajstić information content (AvgIpc) is 3.25. The molecular weight excluding hydrogens is 416 g/mol. The van der Waals surface area contributed by atoms with Gasteiger partial charge in [0.05, 0.1) is 18.9 Å². The number of aryl methyl sites for hydroxylation is 1. The molecule has 33 heavy (non-hydrogen) atoms. The minimum Gasteiger partial charge on any atom is -0.378 e. The van der Waals surface area contributed by atoms with Crippen LogP contribution in [0.2, 0.25) is 0 Å². The number of amides is 2. The Labute approximate surface area is 196 Å². The predicted molar refractivity (Wildman–Crippen MR) is 130 cm³/mol. The van der Waals surface area contributed by atoms with Crippen molar-refractivity contribution in [2.45, 2.75) is 24.8 Å².